The van der Waals surface area contributed by atoms with Crippen molar-refractivity contribution in [3.05, 3.63) is 0 Å². The summed E-state index contributed by atoms with van der Waals surface area (Å²) in [5.41, 5.74) is -0.903. The van der Waals surface area contributed by atoms with Crippen LogP contribution in [0.4, 0.5) is 0 Å². The summed E-state index contributed by atoms with van der Waals surface area (Å²) in [6.07, 6.45) is 0.611. The SMILES string of the molecule is CCC(C=O)(CO)CO.CCC(C=O)C(O)O. The van der Waals surface area contributed by atoms with Crippen molar-refractivity contribution in [2.24, 2.45) is 11.3 Å². The highest BCUT2D eigenvalue weighted by Crippen LogP contribution is 2.15. The quantitative estimate of drug-likeness (QED) is 0.343. The minimum atomic E-state index is -1.49. The summed E-state index contributed by atoms with van der Waals surface area (Å²) in [7, 11) is 0. The van der Waals surface area contributed by atoms with Crippen LogP contribution in [0, 0.1) is 11.3 Å². The molecule has 0 radical (unpaired) electrons. The van der Waals surface area contributed by atoms with Crippen molar-refractivity contribution in [1.82, 2.24) is 0 Å². The molecule has 0 aromatic rings. The van der Waals surface area contributed by atoms with Crippen molar-refractivity contribution in [3.8, 4) is 0 Å². The van der Waals surface area contributed by atoms with Crippen LogP contribution < -0.4 is 0 Å². The van der Waals surface area contributed by atoms with Crippen molar-refractivity contribution in [1.29, 1.82) is 0 Å². The molecule has 6 heteroatoms. The maximum atomic E-state index is 10.2. The van der Waals surface area contributed by atoms with E-state index in [-0.39, 0.29) is 13.2 Å². The molecule has 0 aliphatic carbocycles. The number of aliphatic hydroxyl groups excluding tert-OH is 3. The van der Waals surface area contributed by atoms with Crippen molar-refractivity contribution in [2.45, 2.75) is 33.0 Å². The van der Waals surface area contributed by atoms with Gasteiger partial charge in [-0.05, 0) is 12.8 Å². The highest BCUT2D eigenvalue weighted by molar-refractivity contribution is 5.59. The molecule has 0 saturated heterocycles. The van der Waals surface area contributed by atoms with Gasteiger partial charge in [-0.15, -0.1) is 0 Å². The van der Waals surface area contributed by atoms with Crippen LogP contribution in [0.3, 0.4) is 0 Å². The third kappa shape index (κ3) is 7.17. The molecule has 0 aromatic heterocycles. The minimum absolute atomic E-state index is 0.274. The Morgan fingerprint density at radius 2 is 1.59 bits per heavy atom. The zero-order valence-corrected chi connectivity index (χ0v) is 10.2. The van der Waals surface area contributed by atoms with Gasteiger partial charge in [0, 0.05) is 0 Å². The molecule has 0 saturated carbocycles. The summed E-state index contributed by atoms with van der Waals surface area (Å²) in [5, 5.41) is 33.8. The van der Waals surface area contributed by atoms with E-state index >= 15 is 0 Å². The standard InChI is InChI=1S/C6H12O3.C5H10O3/c1-2-6(3-7,4-8)5-9;1-2-4(3-6)5(7)8/h3,8-9H,2,4-5H2,1H3;3-5,7-8H,2H2,1H3. The van der Waals surface area contributed by atoms with Gasteiger partial charge in [-0.3, -0.25) is 0 Å². The van der Waals surface area contributed by atoms with Gasteiger partial charge in [0.05, 0.1) is 24.5 Å². The van der Waals surface area contributed by atoms with Crippen molar-refractivity contribution in [3.63, 3.8) is 0 Å². The second-order valence-electron chi connectivity index (χ2n) is 3.77. The van der Waals surface area contributed by atoms with E-state index < -0.39 is 17.6 Å². The normalized spacial score (nSPS) is 12.6. The third-order valence-corrected chi connectivity index (χ3v) is 2.61. The molecule has 0 heterocycles. The molecular formula is C11H22O6. The predicted molar refractivity (Wildman–Crippen MR) is 61.0 cm³/mol. The lowest BCUT2D eigenvalue weighted by Gasteiger charge is -2.19. The Morgan fingerprint density at radius 1 is 1.12 bits per heavy atom. The zero-order valence-electron chi connectivity index (χ0n) is 10.2. The van der Waals surface area contributed by atoms with Crippen molar-refractivity contribution in [2.75, 3.05) is 13.2 Å². The Bertz CT molecular complexity index is 192. The van der Waals surface area contributed by atoms with E-state index in [0.717, 1.165) is 0 Å². The van der Waals surface area contributed by atoms with Crippen molar-refractivity contribution >= 4 is 12.6 Å². The highest BCUT2D eigenvalue weighted by Gasteiger charge is 2.25. The molecule has 0 spiro atoms. The minimum Gasteiger partial charge on any atom is -0.395 e. The molecule has 0 aliphatic heterocycles. The molecule has 0 aromatic carbocycles. The van der Waals surface area contributed by atoms with E-state index in [0.29, 0.717) is 25.4 Å². The highest BCUT2D eigenvalue weighted by atomic mass is 16.5. The lowest BCUT2D eigenvalue weighted by Crippen LogP contribution is -2.30. The fourth-order valence-electron chi connectivity index (χ4n) is 0.809. The molecule has 17 heavy (non-hydrogen) atoms. The number of aliphatic hydroxyl groups is 4. The molecular weight excluding hydrogens is 228 g/mol. The van der Waals surface area contributed by atoms with Gasteiger partial charge in [0.1, 0.15) is 12.6 Å². The van der Waals surface area contributed by atoms with E-state index in [4.69, 9.17) is 20.4 Å². The molecule has 1 unspecified atom stereocenters. The smallest absolute Gasteiger partial charge is 0.160 e. The molecule has 6 nitrogen and oxygen atoms in total. The molecule has 0 rings (SSSR count). The predicted octanol–water partition coefficient (Wildman–Crippen LogP) is -0.912. The summed E-state index contributed by atoms with van der Waals surface area (Å²) in [6, 6.07) is 0. The molecule has 4 N–H and O–H groups in total. The Hall–Kier alpha value is -0.820. The second-order valence-corrected chi connectivity index (χ2v) is 3.77. The average Bonchev–Trinajstić information content (AvgIpc) is 2.35. The van der Waals surface area contributed by atoms with Gasteiger partial charge in [0.15, 0.2) is 6.29 Å². The monoisotopic (exact) mass is 250 g/mol. The van der Waals surface area contributed by atoms with Gasteiger partial charge in [0.25, 0.3) is 0 Å². The summed E-state index contributed by atoms with van der Waals surface area (Å²) in [6.45, 7) is 2.92. The lowest BCUT2D eigenvalue weighted by molar-refractivity contribution is -0.128. The molecule has 0 amide bonds. The van der Waals surface area contributed by atoms with Gasteiger partial charge in [-0.2, -0.15) is 0 Å². The largest absolute Gasteiger partial charge is 0.395 e. The van der Waals surface area contributed by atoms with Gasteiger partial charge < -0.3 is 30.0 Å². The number of hydrogen-bond donors (Lipinski definition) is 4. The van der Waals surface area contributed by atoms with Gasteiger partial charge in [0.2, 0.25) is 0 Å². The maximum absolute atomic E-state index is 10.2. The summed E-state index contributed by atoms with van der Waals surface area (Å²) in [5.74, 6) is -0.616. The number of hydrogen-bond acceptors (Lipinski definition) is 6. The van der Waals surface area contributed by atoms with Crippen LogP contribution in [0.1, 0.15) is 26.7 Å². The number of rotatable bonds is 7. The first-order valence-electron chi connectivity index (χ1n) is 5.46. The first-order valence-corrected chi connectivity index (χ1v) is 5.46. The Kier molecular flexibility index (Phi) is 11.3. The van der Waals surface area contributed by atoms with E-state index in [1.807, 2.05) is 0 Å². The van der Waals surface area contributed by atoms with Crippen LogP contribution in [0.15, 0.2) is 0 Å². The molecule has 0 fully saturated rings. The molecule has 0 aliphatic rings. The van der Waals surface area contributed by atoms with E-state index in [1.54, 1.807) is 13.8 Å². The Morgan fingerprint density at radius 3 is 1.59 bits per heavy atom. The van der Waals surface area contributed by atoms with E-state index in [2.05, 4.69) is 0 Å². The molecule has 102 valence electrons. The topological polar surface area (TPSA) is 115 Å². The fraction of sp³-hybridized carbons (Fsp3) is 0.818. The maximum Gasteiger partial charge on any atom is 0.160 e. The first kappa shape index (κ1) is 18.5. The van der Waals surface area contributed by atoms with Crippen LogP contribution in [0.2, 0.25) is 0 Å². The third-order valence-electron chi connectivity index (χ3n) is 2.61. The van der Waals surface area contributed by atoms with Crippen LogP contribution in [-0.2, 0) is 9.59 Å². The van der Waals surface area contributed by atoms with E-state index in [9.17, 15) is 9.59 Å². The lowest BCUT2D eigenvalue weighted by atomic mass is 9.89. The second kappa shape index (κ2) is 10.3. The van der Waals surface area contributed by atoms with Gasteiger partial charge >= 0.3 is 0 Å². The van der Waals surface area contributed by atoms with Crippen LogP contribution >= 0.6 is 0 Å². The van der Waals surface area contributed by atoms with Crippen LogP contribution in [-0.4, -0.2) is 52.5 Å². The van der Waals surface area contributed by atoms with Gasteiger partial charge in [-0.25, -0.2) is 0 Å². The first-order chi connectivity index (χ1) is 7.96. The molecule has 0 bridgehead atoms. The summed E-state index contributed by atoms with van der Waals surface area (Å²) >= 11 is 0. The van der Waals surface area contributed by atoms with Gasteiger partial charge in [-0.1, -0.05) is 13.8 Å². The van der Waals surface area contributed by atoms with E-state index in [1.165, 1.54) is 0 Å². The number of aldehydes is 2. The van der Waals surface area contributed by atoms with Crippen molar-refractivity contribution < 1.29 is 30.0 Å². The van der Waals surface area contributed by atoms with Crippen LogP contribution in [0.25, 0.3) is 0 Å². The number of carbonyl (C=O) groups is 2. The fourth-order valence-corrected chi connectivity index (χ4v) is 0.809. The van der Waals surface area contributed by atoms with Crippen LogP contribution in [0.5, 0.6) is 0 Å². The zero-order chi connectivity index (χ0) is 13.9. The number of carbonyl (C=O) groups excluding carboxylic acids is 2. The summed E-state index contributed by atoms with van der Waals surface area (Å²) in [4.78, 5) is 20.1. The molecule has 1 atom stereocenters. The average molecular weight is 250 g/mol. The Labute approximate surface area is 101 Å². The Balaban J connectivity index is 0. The summed E-state index contributed by atoms with van der Waals surface area (Å²) < 4.78 is 0.